The van der Waals surface area contributed by atoms with Crippen LogP contribution in [0, 0.1) is 11.8 Å². The number of hydrogen-bond acceptors (Lipinski definition) is 1. The highest BCUT2D eigenvalue weighted by Crippen LogP contribution is 2.38. The van der Waals surface area contributed by atoms with Gasteiger partial charge in [0, 0.05) is 18.0 Å². The molecule has 0 N–H and O–H groups in total. The summed E-state index contributed by atoms with van der Waals surface area (Å²) in [6.45, 7) is 2.31. The van der Waals surface area contributed by atoms with Crippen molar-refractivity contribution in [1.29, 1.82) is 0 Å². The summed E-state index contributed by atoms with van der Waals surface area (Å²) in [5, 5.41) is 0. The monoisotopic (exact) mass is 275 g/mol. The average molecular weight is 275 g/mol. The van der Waals surface area contributed by atoms with Crippen LogP contribution in [-0.2, 0) is 4.79 Å². The lowest BCUT2D eigenvalue weighted by atomic mass is 9.83. The third-order valence-corrected chi connectivity index (χ3v) is 5.60. The second kappa shape index (κ2) is 6.32. The Hall–Kier alpha value is -0.790. The third-order valence-electron chi connectivity index (χ3n) is 5.60. The maximum Gasteiger partial charge on any atom is 0.226 e. The third kappa shape index (κ3) is 3.10. The molecule has 0 bridgehead atoms. The molecule has 112 valence electrons. The fourth-order valence-corrected chi connectivity index (χ4v) is 4.07. The summed E-state index contributed by atoms with van der Waals surface area (Å²) in [5.74, 6) is 1.68. The Morgan fingerprint density at radius 2 is 1.65 bits per heavy atom. The number of carbonyl (C=O) groups excluding carboxylic acids is 1. The molecule has 0 spiro atoms. The normalized spacial score (nSPS) is 34.0. The maximum absolute atomic E-state index is 12.9. The molecule has 1 amide bonds. The number of rotatable bonds is 4. The van der Waals surface area contributed by atoms with E-state index in [9.17, 15) is 4.79 Å². The van der Waals surface area contributed by atoms with Gasteiger partial charge in [0.15, 0.2) is 0 Å². The van der Waals surface area contributed by atoms with Crippen molar-refractivity contribution >= 4 is 5.91 Å². The Labute approximate surface area is 123 Å². The van der Waals surface area contributed by atoms with E-state index < -0.39 is 0 Å². The molecule has 2 nitrogen and oxygen atoms in total. The molecule has 0 unspecified atom stereocenters. The number of hydrogen-bond donors (Lipinski definition) is 0. The van der Waals surface area contributed by atoms with Crippen LogP contribution < -0.4 is 0 Å². The molecule has 20 heavy (non-hydrogen) atoms. The van der Waals surface area contributed by atoms with Crippen molar-refractivity contribution in [2.45, 2.75) is 83.2 Å². The Morgan fingerprint density at radius 1 is 1.00 bits per heavy atom. The van der Waals surface area contributed by atoms with E-state index in [2.05, 4.69) is 24.0 Å². The molecule has 3 aliphatic carbocycles. The van der Waals surface area contributed by atoms with Gasteiger partial charge in [0.05, 0.1) is 0 Å². The predicted octanol–water partition coefficient (Wildman–Crippen LogP) is 4.30. The number of carbonyl (C=O) groups is 1. The van der Waals surface area contributed by atoms with Crippen molar-refractivity contribution < 1.29 is 4.79 Å². The largest absolute Gasteiger partial charge is 0.336 e. The molecule has 0 radical (unpaired) electrons. The first kappa shape index (κ1) is 14.2. The molecule has 2 fully saturated rings. The van der Waals surface area contributed by atoms with Crippen molar-refractivity contribution in [3.8, 4) is 0 Å². The zero-order valence-corrected chi connectivity index (χ0v) is 12.9. The van der Waals surface area contributed by atoms with Crippen molar-refractivity contribution in [2.24, 2.45) is 11.8 Å². The quantitative estimate of drug-likeness (QED) is 0.700. The molecule has 0 aromatic heterocycles. The van der Waals surface area contributed by atoms with Crippen LogP contribution >= 0.6 is 0 Å². The Morgan fingerprint density at radius 3 is 2.15 bits per heavy atom. The van der Waals surface area contributed by atoms with Gasteiger partial charge in [0.2, 0.25) is 5.91 Å². The van der Waals surface area contributed by atoms with E-state index in [1.165, 1.54) is 44.9 Å². The van der Waals surface area contributed by atoms with Crippen molar-refractivity contribution in [3.05, 3.63) is 12.2 Å². The van der Waals surface area contributed by atoms with Crippen LogP contribution in [0.4, 0.5) is 0 Å². The summed E-state index contributed by atoms with van der Waals surface area (Å²) in [5.41, 5.74) is 0. The molecule has 0 saturated heterocycles. The summed E-state index contributed by atoms with van der Waals surface area (Å²) < 4.78 is 0. The minimum atomic E-state index is 0.282. The molecule has 0 aromatic carbocycles. The highest BCUT2D eigenvalue weighted by molar-refractivity contribution is 5.80. The number of nitrogens with zero attached hydrogens (tertiary/aromatic N) is 1. The second-order valence-electron chi connectivity index (χ2n) is 7.04. The molecule has 2 heteroatoms. The summed E-state index contributed by atoms with van der Waals surface area (Å²) in [6.07, 6.45) is 16.6. The van der Waals surface area contributed by atoms with Gasteiger partial charge < -0.3 is 4.90 Å². The zero-order chi connectivity index (χ0) is 13.9. The summed E-state index contributed by atoms with van der Waals surface area (Å²) in [6, 6.07) is 1.15. The number of allylic oxidation sites excluding steroid dienone is 2. The molecule has 3 rings (SSSR count). The van der Waals surface area contributed by atoms with E-state index in [0.717, 1.165) is 25.2 Å². The first-order valence-corrected chi connectivity index (χ1v) is 8.76. The lowest BCUT2D eigenvalue weighted by Gasteiger charge is -2.39. The SMILES string of the molecule is CCC1CCC(N(C(=O)[C@@H]2CC=CCC2)C2CC2)CC1. The molecule has 1 atom stereocenters. The van der Waals surface area contributed by atoms with E-state index in [0.29, 0.717) is 18.0 Å². The minimum Gasteiger partial charge on any atom is -0.336 e. The van der Waals surface area contributed by atoms with Gasteiger partial charge in [-0.15, -0.1) is 0 Å². The van der Waals surface area contributed by atoms with Crippen molar-refractivity contribution in [2.75, 3.05) is 0 Å². The Balaban J connectivity index is 1.63. The van der Waals surface area contributed by atoms with Gasteiger partial charge in [-0.1, -0.05) is 25.5 Å². The summed E-state index contributed by atoms with van der Waals surface area (Å²) in [7, 11) is 0. The predicted molar refractivity (Wildman–Crippen MR) is 82.4 cm³/mol. The standard InChI is InChI=1S/C18H29NO/c1-2-14-8-10-16(11-9-14)19(17-12-13-17)18(20)15-6-4-3-5-7-15/h3-4,14-17H,2,5-13H2,1H3/t14?,15-,16?/m1/s1. The minimum absolute atomic E-state index is 0.282. The molecule has 2 saturated carbocycles. The second-order valence-corrected chi connectivity index (χ2v) is 7.04. The molecular weight excluding hydrogens is 246 g/mol. The first-order chi connectivity index (χ1) is 9.79. The van der Waals surface area contributed by atoms with Crippen molar-refractivity contribution in [3.63, 3.8) is 0 Å². The lowest BCUT2D eigenvalue weighted by Crippen LogP contribution is -2.46. The topological polar surface area (TPSA) is 20.3 Å². The molecule has 0 heterocycles. The van der Waals surface area contributed by atoms with Crippen LogP contribution in [0.5, 0.6) is 0 Å². The van der Waals surface area contributed by atoms with Gasteiger partial charge in [-0.3, -0.25) is 4.79 Å². The highest BCUT2D eigenvalue weighted by Gasteiger charge is 2.40. The Kier molecular flexibility index (Phi) is 4.48. The molecule has 0 aliphatic heterocycles. The smallest absolute Gasteiger partial charge is 0.226 e. The van der Waals surface area contributed by atoms with Gasteiger partial charge in [0.25, 0.3) is 0 Å². The highest BCUT2D eigenvalue weighted by atomic mass is 16.2. The van der Waals surface area contributed by atoms with Gasteiger partial charge in [-0.2, -0.15) is 0 Å². The zero-order valence-electron chi connectivity index (χ0n) is 12.9. The molecular formula is C18H29NO. The summed E-state index contributed by atoms with van der Waals surface area (Å²) >= 11 is 0. The van der Waals surface area contributed by atoms with Gasteiger partial charge in [0.1, 0.15) is 0 Å². The lowest BCUT2D eigenvalue weighted by molar-refractivity contribution is -0.139. The average Bonchev–Trinajstić information content (AvgIpc) is 3.34. The fourth-order valence-electron chi connectivity index (χ4n) is 4.07. The van der Waals surface area contributed by atoms with Gasteiger partial charge in [-0.25, -0.2) is 0 Å². The van der Waals surface area contributed by atoms with Crippen LogP contribution in [-0.4, -0.2) is 22.9 Å². The van der Waals surface area contributed by atoms with E-state index in [1.54, 1.807) is 0 Å². The van der Waals surface area contributed by atoms with E-state index in [1.807, 2.05) is 0 Å². The van der Waals surface area contributed by atoms with E-state index >= 15 is 0 Å². The van der Waals surface area contributed by atoms with Gasteiger partial charge in [-0.05, 0) is 63.7 Å². The van der Waals surface area contributed by atoms with Crippen molar-refractivity contribution in [1.82, 2.24) is 4.90 Å². The molecule has 0 aromatic rings. The van der Waals surface area contributed by atoms with Crippen LogP contribution in [0.2, 0.25) is 0 Å². The van der Waals surface area contributed by atoms with E-state index in [4.69, 9.17) is 0 Å². The van der Waals surface area contributed by atoms with Gasteiger partial charge >= 0.3 is 0 Å². The number of amides is 1. The van der Waals surface area contributed by atoms with Crippen LogP contribution in [0.15, 0.2) is 12.2 Å². The van der Waals surface area contributed by atoms with E-state index in [-0.39, 0.29) is 5.92 Å². The van der Waals surface area contributed by atoms with Crippen LogP contribution in [0.3, 0.4) is 0 Å². The molecule has 3 aliphatic rings. The maximum atomic E-state index is 12.9. The van der Waals surface area contributed by atoms with Crippen LogP contribution in [0.1, 0.15) is 71.1 Å². The summed E-state index contributed by atoms with van der Waals surface area (Å²) in [4.78, 5) is 15.3. The first-order valence-electron chi connectivity index (χ1n) is 8.76. The van der Waals surface area contributed by atoms with Crippen LogP contribution in [0.25, 0.3) is 0 Å². The fraction of sp³-hybridized carbons (Fsp3) is 0.833. The Bertz CT molecular complexity index is 364.